The Bertz CT molecular complexity index is 1230. The van der Waals surface area contributed by atoms with E-state index in [1.807, 2.05) is 0 Å². The molecule has 0 saturated carbocycles. The average molecular weight is 466 g/mol. The molecule has 0 bridgehead atoms. The number of ether oxygens (including phenoxy) is 1. The fourth-order valence-electron chi connectivity index (χ4n) is 4.22. The van der Waals surface area contributed by atoms with Gasteiger partial charge >= 0.3 is 0 Å². The first-order chi connectivity index (χ1) is 16.3. The summed E-state index contributed by atoms with van der Waals surface area (Å²) in [5.41, 5.74) is 6.47. The summed E-state index contributed by atoms with van der Waals surface area (Å²) in [5.74, 6) is -1.08. The minimum absolute atomic E-state index is 0.168. The second kappa shape index (κ2) is 9.39. The number of rotatable bonds is 7. The number of hydrogen-bond acceptors (Lipinski definition) is 6. The Morgan fingerprint density at radius 1 is 1.24 bits per heavy atom. The SMILES string of the molecule is COc1cc(N2CCC(CC#N)(n3cc(C(N)=O)c(Nc4ccc(F)cc4)n3)CC2)ccc1F. The Morgan fingerprint density at radius 3 is 2.56 bits per heavy atom. The summed E-state index contributed by atoms with van der Waals surface area (Å²) in [7, 11) is 1.42. The zero-order valence-corrected chi connectivity index (χ0v) is 18.6. The number of anilines is 3. The van der Waals surface area contributed by atoms with Crippen LogP contribution in [0.4, 0.5) is 26.0 Å². The molecule has 0 aliphatic carbocycles. The molecule has 10 heteroatoms. The molecule has 0 spiro atoms. The van der Waals surface area contributed by atoms with Crippen LogP contribution in [0.2, 0.25) is 0 Å². The Hall–Kier alpha value is -4.13. The molecule has 3 N–H and O–H groups in total. The summed E-state index contributed by atoms with van der Waals surface area (Å²) in [4.78, 5) is 14.2. The monoisotopic (exact) mass is 466 g/mol. The van der Waals surface area contributed by atoms with Crippen molar-refractivity contribution in [2.24, 2.45) is 5.73 Å². The first kappa shape index (κ1) is 23.0. The van der Waals surface area contributed by atoms with Crippen molar-refractivity contribution in [2.75, 3.05) is 30.4 Å². The number of hydrogen-bond donors (Lipinski definition) is 2. The van der Waals surface area contributed by atoms with E-state index in [1.165, 1.54) is 37.4 Å². The van der Waals surface area contributed by atoms with E-state index in [9.17, 15) is 18.8 Å². The van der Waals surface area contributed by atoms with Crippen LogP contribution in [0.1, 0.15) is 29.6 Å². The minimum Gasteiger partial charge on any atom is -0.494 e. The van der Waals surface area contributed by atoms with Gasteiger partial charge in [0.25, 0.3) is 5.91 Å². The van der Waals surface area contributed by atoms with Gasteiger partial charge in [0.2, 0.25) is 0 Å². The molecule has 2 heterocycles. The zero-order valence-electron chi connectivity index (χ0n) is 18.6. The summed E-state index contributed by atoms with van der Waals surface area (Å²) in [5, 5.41) is 17.2. The number of benzene rings is 2. The highest BCUT2D eigenvalue weighted by Gasteiger charge is 2.38. The second-order valence-corrected chi connectivity index (χ2v) is 8.20. The number of methoxy groups -OCH3 is 1. The minimum atomic E-state index is -0.668. The van der Waals surface area contributed by atoms with Crippen LogP contribution in [0.3, 0.4) is 0 Å². The maximum absolute atomic E-state index is 13.8. The Morgan fingerprint density at radius 2 is 1.94 bits per heavy atom. The zero-order chi connectivity index (χ0) is 24.3. The first-order valence-electron chi connectivity index (χ1n) is 10.7. The van der Waals surface area contributed by atoms with Crippen molar-refractivity contribution in [1.29, 1.82) is 5.26 Å². The number of halogens is 2. The van der Waals surface area contributed by atoms with Crippen LogP contribution in [0, 0.1) is 23.0 Å². The molecule has 2 aromatic carbocycles. The molecule has 34 heavy (non-hydrogen) atoms. The van der Waals surface area contributed by atoms with Gasteiger partial charge in [-0.25, -0.2) is 8.78 Å². The number of carbonyl (C=O) groups is 1. The predicted molar refractivity (Wildman–Crippen MR) is 123 cm³/mol. The summed E-state index contributed by atoms with van der Waals surface area (Å²) in [6.45, 7) is 1.17. The van der Waals surface area contributed by atoms with Crippen molar-refractivity contribution < 1.29 is 18.3 Å². The van der Waals surface area contributed by atoms with Crippen LogP contribution in [0.5, 0.6) is 5.75 Å². The van der Waals surface area contributed by atoms with E-state index in [0.29, 0.717) is 31.6 Å². The number of amides is 1. The number of carbonyl (C=O) groups excluding carboxylic acids is 1. The fourth-order valence-corrected chi connectivity index (χ4v) is 4.22. The number of nitrogens with zero attached hydrogens (tertiary/aromatic N) is 4. The summed E-state index contributed by atoms with van der Waals surface area (Å²) >= 11 is 0. The van der Waals surface area contributed by atoms with Gasteiger partial charge in [0.1, 0.15) is 11.4 Å². The third kappa shape index (κ3) is 4.50. The van der Waals surface area contributed by atoms with E-state index >= 15 is 0 Å². The molecule has 4 rings (SSSR count). The van der Waals surface area contributed by atoms with Crippen molar-refractivity contribution in [1.82, 2.24) is 9.78 Å². The largest absolute Gasteiger partial charge is 0.494 e. The Labute approximate surface area is 195 Å². The predicted octanol–water partition coefficient (Wildman–Crippen LogP) is 3.92. The van der Waals surface area contributed by atoms with E-state index in [-0.39, 0.29) is 29.4 Å². The molecular formula is C24H24F2N6O2. The van der Waals surface area contributed by atoms with Gasteiger partial charge in [-0.3, -0.25) is 9.48 Å². The molecule has 176 valence electrons. The topological polar surface area (TPSA) is 109 Å². The highest BCUT2D eigenvalue weighted by molar-refractivity contribution is 5.98. The molecule has 1 aliphatic rings. The Balaban J connectivity index is 1.60. The molecule has 3 aromatic rings. The van der Waals surface area contributed by atoms with Gasteiger partial charge in [0.05, 0.1) is 25.1 Å². The van der Waals surface area contributed by atoms with Crippen LogP contribution in [-0.2, 0) is 5.54 Å². The Kier molecular flexibility index (Phi) is 6.36. The highest BCUT2D eigenvalue weighted by Crippen LogP contribution is 2.37. The van der Waals surface area contributed by atoms with Crippen molar-refractivity contribution >= 4 is 23.1 Å². The van der Waals surface area contributed by atoms with Gasteiger partial charge < -0.3 is 20.7 Å². The molecule has 1 amide bonds. The lowest BCUT2D eigenvalue weighted by Crippen LogP contribution is -2.46. The van der Waals surface area contributed by atoms with E-state index < -0.39 is 17.3 Å². The molecule has 8 nitrogen and oxygen atoms in total. The third-order valence-corrected chi connectivity index (χ3v) is 6.17. The molecular weight excluding hydrogens is 442 g/mol. The molecule has 1 aliphatic heterocycles. The smallest absolute Gasteiger partial charge is 0.254 e. The lowest BCUT2D eigenvalue weighted by atomic mass is 9.84. The van der Waals surface area contributed by atoms with Gasteiger partial charge in [-0.15, -0.1) is 0 Å². The van der Waals surface area contributed by atoms with E-state index in [4.69, 9.17) is 10.5 Å². The van der Waals surface area contributed by atoms with Crippen molar-refractivity contribution in [3.63, 3.8) is 0 Å². The first-order valence-corrected chi connectivity index (χ1v) is 10.7. The van der Waals surface area contributed by atoms with E-state index in [1.54, 1.807) is 23.0 Å². The molecule has 1 aromatic heterocycles. The fraction of sp³-hybridized carbons (Fsp3) is 0.292. The number of nitrogens with one attached hydrogen (secondary N) is 1. The second-order valence-electron chi connectivity index (χ2n) is 8.20. The average Bonchev–Trinajstić information content (AvgIpc) is 3.26. The number of aromatic nitrogens is 2. The lowest BCUT2D eigenvalue weighted by Gasteiger charge is -2.41. The molecule has 0 unspecified atom stereocenters. The van der Waals surface area contributed by atoms with Crippen molar-refractivity contribution in [3.8, 4) is 11.8 Å². The van der Waals surface area contributed by atoms with Gasteiger partial charge in [-0.2, -0.15) is 10.4 Å². The standard InChI is InChI=1S/C24H24F2N6O2/c1-34-21-14-18(6-7-20(21)26)31-12-9-24(8-11-27,10-13-31)32-15-19(22(28)33)23(30-32)29-17-4-2-16(25)3-5-17/h2-7,14-15H,8-10,12-13H2,1H3,(H2,28,33)(H,29,30). The van der Waals surface area contributed by atoms with Crippen molar-refractivity contribution in [3.05, 3.63) is 65.9 Å². The van der Waals surface area contributed by atoms with Crippen LogP contribution in [0.15, 0.2) is 48.7 Å². The number of nitrogens with two attached hydrogens (primary N) is 1. The van der Waals surface area contributed by atoms with Crippen molar-refractivity contribution in [2.45, 2.75) is 24.8 Å². The van der Waals surface area contributed by atoms with Crippen LogP contribution < -0.4 is 20.7 Å². The summed E-state index contributed by atoms with van der Waals surface area (Å²) < 4.78 is 33.8. The highest BCUT2D eigenvalue weighted by atomic mass is 19.1. The maximum atomic E-state index is 13.8. The normalized spacial score (nSPS) is 14.9. The molecule has 0 atom stereocenters. The van der Waals surface area contributed by atoms with Crippen LogP contribution >= 0.6 is 0 Å². The lowest BCUT2D eigenvalue weighted by molar-refractivity contribution is 0.100. The number of primary amides is 1. The molecule has 1 saturated heterocycles. The molecule has 1 fully saturated rings. The number of piperidine rings is 1. The van der Waals surface area contributed by atoms with Crippen LogP contribution in [-0.4, -0.2) is 35.9 Å². The van der Waals surface area contributed by atoms with E-state index in [0.717, 1.165) is 5.69 Å². The maximum Gasteiger partial charge on any atom is 0.254 e. The van der Waals surface area contributed by atoms with Gasteiger partial charge in [0.15, 0.2) is 17.4 Å². The van der Waals surface area contributed by atoms with E-state index in [2.05, 4.69) is 21.4 Å². The summed E-state index contributed by atoms with van der Waals surface area (Å²) in [6, 6.07) is 12.6. The van der Waals surface area contributed by atoms with Gasteiger partial charge in [0, 0.05) is 36.7 Å². The quantitative estimate of drug-likeness (QED) is 0.546. The number of nitriles is 1. The van der Waals surface area contributed by atoms with Gasteiger partial charge in [-0.1, -0.05) is 0 Å². The van der Waals surface area contributed by atoms with Crippen LogP contribution in [0.25, 0.3) is 0 Å². The summed E-state index contributed by atoms with van der Waals surface area (Å²) in [6.07, 6.45) is 2.87. The third-order valence-electron chi connectivity index (χ3n) is 6.17. The molecule has 0 radical (unpaired) electrons. The van der Waals surface area contributed by atoms with Gasteiger partial charge in [-0.05, 0) is 49.2 Å².